The average molecular weight is 234 g/mol. The fraction of sp³-hybridized carbons (Fsp3) is 0.0909. The van der Waals surface area contributed by atoms with Crippen molar-refractivity contribution in [2.75, 3.05) is 5.32 Å². The molecular weight excluding hydrogens is 224 g/mol. The van der Waals surface area contributed by atoms with Gasteiger partial charge in [-0.15, -0.1) is 11.3 Å². The third-order valence-corrected chi connectivity index (χ3v) is 2.86. The summed E-state index contributed by atoms with van der Waals surface area (Å²) < 4.78 is 0. The van der Waals surface area contributed by atoms with E-state index in [0.717, 1.165) is 0 Å². The minimum Gasteiger partial charge on any atom is -0.392 e. The molecule has 0 saturated carbocycles. The number of carbonyl (C=O) groups is 1. The molecule has 0 fully saturated rings. The minimum absolute atomic E-state index is 0.0495. The summed E-state index contributed by atoms with van der Waals surface area (Å²) >= 11 is 1.38. The summed E-state index contributed by atoms with van der Waals surface area (Å²) in [4.78, 5) is 16.3. The summed E-state index contributed by atoms with van der Waals surface area (Å²) in [5.41, 5.74) is 0.717. The molecule has 0 saturated heterocycles. The molecule has 2 N–H and O–H groups in total. The van der Waals surface area contributed by atoms with Gasteiger partial charge in [-0.2, -0.15) is 0 Å². The highest BCUT2D eigenvalue weighted by molar-refractivity contribution is 7.12. The van der Waals surface area contributed by atoms with Gasteiger partial charge >= 0.3 is 0 Å². The van der Waals surface area contributed by atoms with Gasteiger partial charge in [-0.05, 0) is 23.1 Å². The Morgan fingerprint density at radius 3 is 2.88 bits per heavy atom. The molecule has 0 radical (unpaired) electrons. The summed E-state index contributed by atoms with van der Waals surface area (Å²) in [5, 5.41) is 13.4. The molecule has 0 aliphatic heterocycles. The van der Waals surface area contributed by atoms with Gasteiger partial charge < -0.3 is 10.4 Å². The van der Waals surface area contributed by atoms with E-state index in [9.17, 15) is 4.79 Å². The molecule has 0 atom stereocenters. The number of pyridine rings is 1. The van der Waals surface area contributed by atoms with Crippen molar-refractivity contribution in [1.82, 2.24) is 4.98 Å². The number of hydrogen-bond donors (Lipinski definition) is 2. The molecule has 2 aromatic heterocycles. The highest BCUT2D eigenvalue weighted by Crippen LogP contribution is 2.11. The van der Waals surface area contributed by atoms with E-state index in [-0.39, 0.29) is 12.5 Å². The van der Waals surface area contributed by atoms with Crippen LogP contribution in [0.2, 0.25) is 0 Å². The van der Waals surface area contributed by atoms with E-state index in [4.69, 9.17) is 5.11 Å². The summed E-state index contributed by atoms with van der Waals surface area (Å²) in [7, 11) is 0. The van der Waals surface area contributed by atoms with E-state index < -0.39 is 0 Å². The van der Waals surface area contributed by atoms with Crippen LogP contribution in [0.4, 0.5) is 5.82 Å². The first-order valence-corrected chi connectivity index (χ1v) is 5.58. The molecule has 0 aliphatic carbocycles. The van der Waals surface area contributed by atoms with Gasteiger partial charge in [0.25, 0.3) is 5.91 Å². The van der Waals surface area contributed by atoms with Crippen molar-refractivity contribution < 1.29 is 9.90 Å². The standard InChI is InChI=1S/C11H10N2O2S/c14-7-8-3-4-10(12-6-8)13-11(15)9-2-1-5-16-9/h1-6,14H,7H2,(H,12,13,15). The summed E-state index contributed by atoms with van der Waals surface area (Å²) in [5.74, 6) is 0.315. The minimum atomic E-state index is -0.167. The Bertz CT molecular complexity index is 465. The molecule has 2 rings (SSSR count). The van der Waals surface area contributed by atoms with Gasteiger partial charge in [0.05, 0.1) is 11.5 Å². The number of amides is 1. The van der Waals surface area contributed by atoms with Crippen LogP contribution in [0.5, 0.6) is 0 Å². The lowest BCUT2D eigenvalue weighted by atomic mass is 10.3. The highest BCUT2D eigenvalue weighted by Gasteiger charge is 2.06. The first-order chi connectivity index (χ1) is 7.79. The third kappa shape index (κ3) is 2.44. The largest absolute Gasteiger partial charge is 0.392 e. The Labute approximate surface area is 96.6 Å². The maximum atomic E-state index is 11.6. The van der Waals surface area contributed by atoms with Crippen LogP contribution in [0.3, 0.4) is 0 Å². The zero-order valence-corrected chi connectivity index (χ0v) is 9.20. The summed E-state index contributed by atoms with van der Waals surface area (Å²) in [6.45, 7) is -0.0495. The number of aliphatic hydroxyl groups is 1. The molecule has 1 amide bonds. The Morgan fingerprint density at radius 2 is 2.31 bits per heavy atom. The monoisotopic (exact) mass is 234 g/mol. The second kappa shape index (κ2) is 4.87. The predicted octanol–water partition coefficient (Wildman–Crippen LogP) is 1.89. The number of aliphatic hydroxyl groups excluding tert-OH is 1. The fourth-order valence-electron chi connectivity index (χ4n) is 1.18. The van der Waals surface area contributed by atoms with Crippen LogP contribution in [0.1, 0.15) is 15.2 Å². The number of anilines is 1. The molecular formula is C11H10N2O2S. The van der Waals surface area contributed by atoms with Gasteiger partial charge in [-0.1, -0.05) is 12.1 Å². The van der Waals surface area contributed by atoms with Gasteiger partial charge in [-0.25, -0.2) is 4.98 Å². The van der Waals surface area contributed by atoms with E-state index in [1.54, 1.807) is 18.2 Å². The molecule has 2 aromatic rings. The van der Waals surface area contributed by atoms with Crippen molar-refractivity contribution in [2.45, 2.75) is 6.61 Å². The molecule has 0 aliphatic rings. The van der Waals surface area contributed by atoms with Crippen molar-refractivity contribution in [3.8, 4) is 0 Å². The SMILES string of the molecule is O=C(Nc1ccc(CO)cn1)c1cccs1. The van der Waals surface area contributed by atoms with Crippen molar-refractivity contribution in [3.05, 3.63) is 46.3 Å². The average Bonchev–Trinajstić information content (AvgIpc) is 2.83. The van der Waals surface area contributed by atoms with Gasteiger partial charge in [-0.3, -0.25) is 4.79 Å². The second-order valence-corrected chi connectivity index (χ2v) is 4.09. The second-order valence-electron chi connectivity index (χ2n) is 3.14. The summed E-state index contributed by atoms with van der Waals surface area (Å²) in [6, 6.07) is 6.96. The van der Waals surface area contributed by atoms with Crippen LogP contribution >= 0.6 is 11.3 Å². The third-order valence-electron chi connectivity index (χ3n) is 1.99. The van der Waals surface area contributed by atoms with Crippen LogP contribution in [-0.4, -0.2) is 16.0 Å². The lowest BCUT2D eigenvalue weighted by Crippen LogP contribution is -2.11. The predicted molar refractivity (Wildman–Crippen MR) is 62.4 cm³/mol. The molecule has 0 unspecified atom stereocenters. The van der Waals surface area contributed by atoms with E-state index in [1.807, 2.05) is 11.4 Å². The fourth-order valence-corrected chi connectivity index (χ4v) is 1.80. The lowest BCUT2D eigenvalue weighted by molar-refractivity contribution is 0.103. The number of nitrogens with one attached hydrogen (secondary N) is 1. The van der Waals surface area contributed by atoms with Crippen LogP contribution in [0.15, 0.2) is 35.8 Å². The normalized spacial score (nSPS) is 10.1. The first kappa shape index (κ1) is 10.8. The Balaban J connectivity index is 2.06. The molecule has 0 aromatic carbocycles. The molecule has 5 heteroatoms. The number of rotatable bonds is 3. The van der Waals surface area contributed by atoms with Crippen molar-refractivity contribution in [2.24, 2.45) is 0 Å². The smallest absolute Gasteiger partial charge is 0.266 e. The number of carbonyl (C=O) groups excluding carboxylic acids is 1. The Kier molecular flexibility index (Phi) is 3.28. The number of nitrogens with zero attached hydrogens (tertiary/aromatic N) is 1. The van der Waals surface area contributed by atoms with Gasteiger partial charge in [0, 0.05) is 6.20 Å². The molecule has 2 heterocycles. The van der Waals surface area contributed by atoms with E-state index in [0.29, 0.717) is 16.3 Å². The van der Waals surface area contributed by atoms with Crippen LogP contribution < -0.4 is 5.32 Å². The van der Waals surface area contributed by atoms with Crippen LogP contribution in [0.25, 0.3) is 0 Å². The van der Waals surface area contributed by atoms with E-state index in [2.05, 4.69) is 10.3 Å². The molecule has 0 bridgehead atoms. The molecule has 0 spiro atoms. The zero-order chi connectivity index (χ0) is 11.4. The molecule has 16 heavy (non-hydrogen) atoms. The Hall–Kier alpha value is -1.72. The quantitative estimate of drug-likeness (QED) is 0.852. The van der Waals surface area contributed by atoms with Gasteiger partial charge in [0.15, 0.2) is 0 Å². The highest BCUT2D eigenvalue weighted by atomic mass is 32.1. The van der Waals surface area contributed by atoms with Gasteiger partial charge in [0.2, 0.25) is 0 Å². The van der Waals surface area contributed by atoms with Crippen molar-refractivity contribution >= 4 is 23.1 Å². The first-order valence-electron chi connectivity index (χ1n) is 4.70. The van der Waals surface area contributed by atoms with Gasteiger partial charge in [0.1, 0.15) is 5.82 Å². The number of hydrogen-bond acceptors (Lipinski definition) is 4. The topological polar surface area (TPSA) is 62.2 Å². The van der Waals surface area contributed by atoms with Crippen LogP contribution in [0, 0.1) is 0 Å². The molecule has 82 valence electrons. The van der Waals surface area contributed by atoms with E-state index >= 15 is 0 Å². The zero-order valence-electron chi connectivity index (χ0n) is 8.38. The number of aromatic nitrogens is 1. The van der Waals surface area contributed by atoms with Crippen molar-refractivity contribution in [3.63, 3.8) is 0 Å². The lowest BCUT2D eigenvalue weighted by Gasteiger charge is -2.02. The van der Waals surface area contributed by atoms with E-state index in [1.165, 1.54) is 17.5 Å². The number of thiophene rings is 1. The van der Waals surface area contributed by atoms with Crippen molar-refractivity contribution in [1.29, 1.82) is 0 Å². The maximum absolute atomic E-state index is 11.6. The molecule has 4 nitrogen and oxygen atoms in total. The Morgan fingerprint density at radius 1 is 1.44 bits per heavy atom. The maximum Gasteiger partial charge on any atom is 0.266 e. The van der Waals surface area contributed by atoms with Crippen LogP contribution in [-0.2, 0) is 6.61 Å². The summed E-state index contributed by atoms with van der Waals surface area (Å²) in [6.07, 6.45) is 1.53.